The molecule has 0 fully saturated rings. The van der Waals surface area contributed by atoms with Crippen LogP contribution in [-0.4, -0.2) is 5.52 Å². The first-order chi connectivity index (χ1) is 8.58. The number of carbonyl (C=O) groups is 1. The second-order valence-electron chi connectivity index (χ2n) is 4.25. The molecule has 0 heterocycles. The average Bonchev–Trinajstić information content (AvgIpc) is 2.32. The molecule has 0 saturated carbocycles. The molecule has 2 aromatic carbocycles. The van der Waals surface area contributed by atoms with E-state index in [9.17, 15) is 4.79 Å². The fourth-order valence-electron chi connectivity index (χ4n) is 1.75. The summed E-state index contributed by atoms with van der Waals surface area (Å²) in [6.45, 7) is 3.95. The van der Waals surface area contributed by atoms with Crippen LogP contribution < -0.4 is 5.30 Å². The molecule has 1 unspecified atom stereocenters. The molecule has 92 valence electrons. The normalized spacial score (nSPS) is 11.1. The van der Waals surface area contributed by atoms with Gasteiger partial charge in [-0.25, -0.2) is 0 Å². The maximum atomic E-state index is 12.3. The van der Waals surface area contributed by atoms with Gasteiger partial charge in [0.05, 0.1) is 5.02 Å². The summed E-state index contributed by atoms with van der Waals surface area (Å²) in [4.78, 5) is 12.3. The van der Waals surface area contributed by atoms with Crippen molar-refractivity contribution in [3.63, 3.8) is 0 Å². The van der Waals surface area contributed by atoms with Gasteiger partial charge in [-0.3, -0.25) is 4.79 Å². The third kappa shape index (κ3) is 2.98. The highest BCUT2D eigenvalue weighted by Crippen LogP contribution is 2.27. The Bertz CT molecular complexity index is 555. The molecule has 0 aromatic heterocycles. The van der Waals surface area contributed by atoms with E-state index in [-0.39, 0.29) is 14.1 Å². The first-order valence-electron chi connectivity index (χ1n) is 5.71. The van der Waals surface area contributed by atoms with E-state index in [1.165, 1.54) is 5.56 Å². The molecule has 0 bridgehead atoms. The Morgan fingerprint density at radius 1 is 1.06 bits per heavy atom. The van der Waals surface area contributed by atoms with Gasteiger partial charge in [0.15, 0.2) is 5.52 Å². The van der Waals surface area contributed by atoms with Gasteiger partial charge in [-0.05, 0) is 39.4 Å². The number of rotatable bonds is 3. The van der Waals surface area contributed by atoms with E-state index in [1.54, 1.807) is 6.07 Å². The van der Waals surface area contributed by atoms with Crippen LogP contribution in [0, 0.1) is 13.8 Å². The smallest absolute Gasteiger partial charge is 0.187 e. The fourth-order valence-corrected chi connectivity index (χ4v) is 3.19. The Morgan fingerprint density at radius 3 is 2.33 bits per heavy atom. The largest absolute Gasteiger partial charge is 0.289 e. The number of hydrogen-bond acceptors (Lipinski definition) is 1. The van der Waals surface area contributed by atoms with Crippen molar-refractivity contribution < 1.29 is 4.79 Å². The minimum atomic E-state index is 0.0990. The molecule has 0 spiro atoms. The Labute approximate surface area is 114 Å². The molecule has 0 radical (unpaired) electrons. The zero-order chi connectivity index (χ0) is 13.1. The van der Waals surface area contributed by atoms with Gasteiger partial charge in [0.1, 0.15) is 0 Å². The van der Waals surface area contributed by atoms with Gasteiger partial charge >= 0.3 is 0 Å². The Balaban J connectivity index is 2.25. The predicted octanol–water partition coefficient (Wildman–Crippen LogP) is 4.10. The molecule has 0 aliphatic carbocycles. The molecule has 0 saturated heterocycles. The van der Waals surface area contributed by atoms with Gasteiger partial charge in [0.2, 0.25) is 0 Å². The Kier molecular flexibility index (Phi) is 4.16. The van der Waals surface area contributed by atoms with Gasteiger partial charge in [-0.2, -0.15) is 0 Å². The van der Waals surface area contributed by atoms with Crippen LogP contribution in [0.15, 0.2) is 42.5 Å². The molecular formula is C15H14ClOP. The second-order valence-corrected chi connectivity index (χ2v) is 5.94. The van der Waals surface area contributed by atoms with Crippen molar-refractivity contribution in [2.75, 3.05) is 0 Å². The maximum Gasteiger partial charge on any atom is 0.187 e. The number of carbonyl (C=O) groups excluding carboxylic acids is 1. The van der Waals surface area contributed by atoms with Crippen LogP contribution in [-0.2, 0) is 0 Å². The van der Waals surface area contributed by atoms with Crippen LogP contribution in [0.5, 0.6) is 0 Å². The quantitative estimate of drug-likeness (QED) is 0.772. The van der Waals surface area contributed by atoms with Crippen molar-refractivity contribution in [3.8, 4) is 0 Å². The van der Waals surface area contributed by atoms with Gasteiger partial charge in [0, 0.05) is 5.56 Å². The molecule has 3 heteroatoms. The SMILES string of the molecule is Cc1ccc(PC(=O)c2c(C)cccc2Cl)cc1. The third-order valence-corrected chi connectivity index (χ3v) is 4.17. The molecule has 2 rings (SSSR count). The summed E-state index contributed by atoms with van der Waals surface area (Å²) in [6.07, 6.45) is 0. The summed E-state index contributed by atoms with van der Waals surface area (Å²) in [5.41, 5.74) is 2.89. The summed E-state index contributed by atoms with van der Waals surface area (Å²) < 4.78 is 0. The van der Waals surface area contributed by atoms with Crippen LogP contribution in [0.3, 0.4) is 0 Å². The lowest BCUT2D eigenvalue weighted by Crippen LogP contribution is -2.03. The van der Waals surface area contributed by atoms with Crippen LogP contribution in [0.4, 0.5) is 0 Å². The van der Waals surface area contributed by atoms with Gasteiger partial charge in [-0.15, -0.1) is 0 Å². The van der Waals surface area contributed by atoms with Crippen molar-refractivity contribution in [2.45, 2.75) is 13.8 Å². The first-order valence-corrected chi connectivity index (χ1v) is 7.09. The molecule has 2 aromatic rings. The zero-order valence-corrected chi connectivity index (χ0v) is 12.1. The van der Waals surface area contributed by atoms with Gasteiger partial charge in [-0.1, -0.05) is 53.6 Å². The van der Waals surface area contributed by atoms with Crippen LogP contribution >= 0.6 is 20.2 Å². The average molecular weight is 277 g/mol. The minimum absolute atomic E-state index is 0.0990. The summed E-state index contributed by atoms with van der Waals surface area (Å²) in [5.74, 6) is 0. The van der Waals surface area contributed by atoms with Crippen LogP contribution in [0.2, 0.25) is 5.02 Å². The summed E-state index contributed by atoms with van der Waals surface area (Å²) in [5, 5.41) is 1.59. The lowest BCUT2D eigenvalue weighted by molar-refractivity contribution is 0.108. The first kappa shape index (κ1) is 13.3. The molecular weight excluding hydrogens is 263 g/mol. The standard InChI is InChI=1S/C15H14ClOP/c1-10-6-8-12(9-7-10)18-15(17)14-11(2)4-3-5-13(14)16/h3-9,18H,1-2H3. The number of aryl methyl sites for hydroxylation is 2. The molecule has 0 aliphatic heterocycles. The highest BCUT2D eigenvalue weighted by molar-refractivity contribution is 7.66. The van der Waals surface area contributed by atoms with Crippen LogP contribution in [0.1, 0.15) is 21.5 Å². The van der Waals surface area contributed by atoms with Crippen molar-refractivity contribution in [2.24, 2.45) is 0 Å². The molecule has 18 heavy (non-hydrogen) atoms. The highest BCUT2D eigenvalue weighted by Gasteiger charge is 2.13. The lowest BCUT2D eigenvalue weighted by Gasteiger charge is -2.07. The zero-order valence-electron chi connectivity index (χ0n) is 10.3. The highest BCUT2D eigenvalue weighted by atomic mass is 35.5. The topological polar surface area (TPSA) is 17.1 Å². The minimum Gasteiger partial charge on any atom is -0.289 e. The number of hydrogen-bond donors (Lipinski definition) is 0. The van der Waals surface area contributed by atoms with Gasteiger partial charge in [0.25, 0.3) is 0 Å². The van der Waals surface area contributed by atoms with Gasteiger partial charge < -0.3 is 0 Å². The third-order valence-electron chi connectivity index (χ3n) is 2.76. The lowest BCUT2D eigenvalue weighted by atomic mass is 10.1. The van der Waals surface area contributed by atoms with E-state index in [0.29, 0.717) is 10.6 Å². The van der Waals surface area contributed by atoms with Crippen molar-refractivity contribution >= 4 is 31.0 Å². The van der Waals surface area contributed by atoms with E-state index >= 15 is 0 Å². The summed E-state index contributed by atoms with van der Waals surface area (Å²) in [6, 6.07) is 13.6. The van der Waals surface area contributed by atoms with Crippen LogP contribution in [0.25, 0.3) is 0 Å². The molecule has 0 aliphatic rings. The summed E-state index contributed by atoms with van der Waals surface area (Å²) >= 11 is 6.10. The molecule has 0 amide bonds. The predicted molar refractivity (Wildman–Crippen MR) is 79.6 cm³/mol. The monoisotopic (exact) mass is 276 g/mol. The second kappa shape index (κ2) is 5.65. The fraction of sp³-hybridized carbons (Fsp3) is 0.133. The Hall–Kier alpha value is -1.17. The van der Waals surface area contributed by atoms with E-state index in [4.69, 9.17) is 11.6 Å². The molecule has 0 N–H and O–H groups in total. The number of benzene rings is 2. The maximum absolute atomic E-state index is 12.3. The van der Waals surface area contributed by atoms with Crippen molar-refractivity contribution in [1.82, 2.24) is 0 Å². The van der Waals surface area contributed by atoms with E-state index < -0.39 is 0 Å². The Morgan fingerprint density at radius 2 is 1.72 bits per heavy atom. The van der Waals surface area contributed by atoms with E-state index in [1.807, 2.05) is 50.2 Å². The van der Waals surface area contributed by atoms with Crippen molar-refractivity contribution in [3.05, 3.63) is 64.2 Å². The number of halogens is 1. The van der Waals surface area contributed by atoms with E-state index in [0.717, 1.165) is 10.9 Å². The molecule has 1 atom stereocenters. The van der Waals surface area contributed by atoms with Crippen molar-refractivity contribution in [1.29, 1.82) is 0 Å². The molecule has 1 nitrogen and oxygen atoms in total. The summed E-state index contributed by atoms with van der Waals surface area (Å²) in [7, 11) is 0.121. The van der Waals surface area contributed by atoms with E-state index in [2.05, 4.69) is 0 Å².